The van der Waals surface area contributed by atoms with Gasteiger partial charge in [-0.3, -0.25) is 0 Å². The molecule has 0 aliphatic heterocycles. The smallest absolute Gasteiger partial charge is 0.405 e. The van der Waals surface area contributed by atoms with E-state index in [1.165, 1.54) is 0 Å². The van der Waals surface area contributed by atoms with Crippen molar-refractivity contribution in [3.05, 3.63) is 23.8 Å². The average Bonchev–Trinajstić information content (AvgIpc) is 2.12. The van der Waals surface area contributed by atoms with Crippen LogP contribution >= 0.6 is 10.7 Å². The van der Waals surface area contributed by atoms with E-state index >= 15 is 0 Å². The molecule has 0 bridgehead atoms. The minimum absolute atomic E-state index is 0.570. The number of benzene rings is 1. The van der Waals surface area contributed by atoms with Gasteiger partial charge in [-0.25, -0.2) is 17.2 Å². The maximum atomic E-state index is 12.6. The Balaban J connectivity index is 3.46. The third-order valence-electron chi connectivity index (χ3n) is 1.73. The topological polar surface area (TPSA) is 43.4 Å². The van der Waals surface area contributed by atoms with Gasteiger partial charge in [0.1, 0.15) is 5.75 Å². The van der Waals surface area contributed by atoms with Crippen molar-refractivity contribution in [3.63, 3.8) is 0 Å². The van der Waals surface area contributed by atoms with Crippen molar-refractivity contribution < 1.29 is 35.1 Å². The predicted octanol–water partition coefficient (Wildman–Crippen LogP) is 3.45. The zero-order valence-electron chi connectivity index (χ0n) is 8.21. The Morgan fingerprint density at radius 3 is 2.17 bits per heavy atom. The van der Waals surface area contributed by atoms with E-state index in [0.29, 0.717) is 12.1 Å². The van der Waals surface area contributed by atoms with E-state index in [4.69, 9.17) is 10.7 Å². The summed E-state index contributed by atoms with van der Waals surface area (Å²) >= 11 is 0. The molecule has 1 aromatic rings. The predicted molar refractivity (Wildman–Crippen MR) is 51.1 cm³/mol. The first-order chi connectivity index (χ1) is 8.02. The number of halogens is 6. The lowest BCUT2D eigenvalue weighted by Crippen LogP contribution is -2.19. The highest BCUT2D eigenvalue weighted by Gasteiger charge is 2.35. The van der Waals surface area contributed by atoms with E-state index in [-0.39, 0.29) is 0 Å². The maximum Gasteiger partial charge on any atom is 0.573 e. The Morgan fingerprint density at radius 1 is 1.22 bits per heavy atom. The molecule has 0 N–H and O–H groups in total. The molecule has 0 atom stereocenters. The molecule has 0 unspecified atom stereocenters. The molecular weight excluding hydrogens is 307 g/mol. The molecule has 0 aromatic heterocycles. The number of hydrogen-bond acceptors (Lipinski definition) is 3. The van der Waals surface area contributed by atoms with E-state index in [9.17, 15) is 30.4 Å². The van der Waals surface area contributed by atoms with Crippen LogP contribution in [0, 0.1) is 0 Å². The van der Waals surface area contributed by atoms with Gasteiger partial charge in [-0.1, -0.05) is 6.07 Å². The van der Waals surface area contributed by atoms with Crippen molar-refractivity contribution >= 4 is 19.7 Å². The van der Waals surface area contributed by atoms with Gasteiger partial charge in [0.2, 0.25) is 0 Å². The van der Waals surface area contributed by atoms with Crippen LogP contribution in [0.15, 0.2) is 23.1 Å². The number of ether oxygens (including phenoxy) is 1. The number of rotatable bonds is 3. The number of alkyl halides is 5. The lowest BCUT2D eigenvalue weighted by molar-refractivity contribution is -0.275. The van der Waals surface area contributed by atoms with Crippen molar-refractivity contribution in [1.82, 2.24) is 0 Å². The lowest BCUT2D eigenvalue weighted by atomic mass is 10.2. The summed E-state index contributed by atoms with van der Waals surface area (Å²) in [4.78, 5) is -1.12. The summed E-state index contributed by atoms with van der Waals surface area (Å²) in [6.45, 7) is 0. The third kappa shape index (κ3) is 3.70. The summed E-state index contributed by atoms with van der Waals surface area (Å²) in [5, 5.41) is 0. The molecule has 0 spiro atoms. The largest absolute Gasteiger partial charge is 0.573 e. The molecule has 0 radical (unpaired) electrons. The Kier molecular flexibility index (Phi) is 4.06. The summed E-state index contributed by atoms with van der Waals surface area (Å²) in [6.07, 6.45) is -8.72. The monoisotopic (exact) mass is 310 g/mol. The zero-order chi connectivity index (χ0) is 14.1. The molecule has 0 aliphatic carbocycles. The highest BCUT2D eigenvalue weighted by molar-refractivity contribution is 8.13. The van der Waals surface area contributed by atoms with Gasteiger partial charge in [-0.05, 0) is 12.1 Å². The zero-order valence-corrected chi connectivity index (χ0v) is 9.78. The minimum atomic E-state index is -5.22. The Hall–Kier alpha value is -1.09. The van der Waals surface area contributed by atoms with Gasteiger partial charge in [-0.2, -0.15) is 0 Å². The third-order valence-corrected chi connectivity index (χ3v) is 3.11. The first-order valence-corrected chi connectivity index (χ1v) is 6.45. The standard InChI is InChI=1S/C8H4ClF5O3S/c9-18(15,16)5-3-1-2-4(6(5)7(10)11)17-8(12,13)14/h1-3,7H. The molecule has 1 aromatic carbocycles. The van der Waals surface area contributed by atoms with Crippen LogP contribution in [0.4, 0.5) is 22.0 Å². The summed E-state index contributed by atoms with van der Waals surface area (Å²) < 4.78 is 86.4. The molecule has 0 fully saturated rings. The first kappa shape index (κ1) is 15.0. The second kappa shape index (κ2) is 4.88. The van der Waals surface area contributed by atoms with Gasteiger partial charge in [-0.15, -0.1) is 13.2 Å². The van der Waals surface area contributed by atoms with Gasteiger partial charge in [0.05, 0.1) is 10.5 Å². The molecular formula is C8H4ClF5O3S. The van der Waals surface area contributed by atoms with Gasteiger partial charge in [0.15, 0.2) is 0 Å². The van der Waals surface area contributed by atoms with Crippen molar-refractivity contribution in [2.24, 2.45) is 0 Å². The summed E-state index contributed by atoms with van der Waals surface area (Å²) in [7, 11) is 0.241. The van der Waals surface area contributed by atoms with Crippen LogP contribution in [0.3, 0.4) is 0 Å². The molecule has 102 valence electrons. The molecule has 0 aliphatic rings. The molecule has 1 rings (SSSR count). The molecule has 3 nitrogen and oxygen atoms in total. The van der Waals surface area contributed by atoms with E-state index in [1.807, 2.05) is 0 Å². The quantitative estimate of drug-likeness (QED) is 0.634. The molecule has 0 saturated carbocycles. The van der Waals surface area contributed by atoms with Crippen molar-refractivity contribution in [1.29, 1.82) is 0 Å². The molecule has 0 saturated heterocycles. The highest BCUT2D eigenvalue weighted by Crippen LogP contribution is 2.38. The summed E-state index contributed by atoms with van der Waals surface area (Å²) in [6, 6.07) is 2.04. The molecule has 0 heterocycles. The van der Waals surface area contributed by atoms with E-state index < -0.39 is 38.0 Å². The van der Waals surface area contributed by atoms with Crippen LogP contribution in [0.2, 0.25) is 0 Å². The van der Waals surface area contributed by atoms with E-state index in [1.54, 1.807) is 0 Å². The van der Waals surface area contributed by atoms with Gasteiger partial charge in [0, 0.05) is 10.7 Å². The van der Waals surface area contributed by atoms with Crippen molar-refractivity contribution in [2.75, 3.05) is 0 Å². The first-order valence-electron chi connectivity index (χ1n) is 4.14. The van der Waals surface area contributed by atoms with Gasteiger partial charge >= 0.3 is 6.36 Å². The van der Waals surface area contributed by atoms with Crippen LogP contribution in [-0.4, -0.2) is 14.8 Å². The van der Waals surface area contributed by atoms with E-state index in [0.717, 1.165) is 6.07 Å². The van der Waals surface area contributed by atoms with Crippen LogP contribution in [0.5, 0.6) is 5.75 Å². The summed E-state index contributed by atoms with van der Waals surface area (Å²) in [5.41, 5.74) is -1.43. The lowest BCUT2D eigenvalue weighted by Gasteiger charge is -2.14. The maximum absolute atomic E-state index is 12.6. The van der Waals surface area contributed by atoms with Crippen LogP contribution in [0.1, 0.15) is 12.0 Å². The highest BCUT2D eigenvalue weighted by atomic mass is 35.7. The Labute approximate surface area is 103 Å². The van der Waals surface area contributed by atoms with Crippen LogP contribution < -0.4 is 4.74 Å². The molecule has 18 heavy (non-hydrogen) atoms. The Bertz CT molecular complexity index is 540. The van der Waals surface area contributed by atoms with E-state index in [2.05, 4.69) is 4.74 Å². The van der Waals surface area contributed by atoms with Gasteiger partial charge < -0.3 is 4.74 Å². The fraction of sp³-hybridized carbons (Fsp3) is 0.250. The van der Waals surface area contributed by atoms with Crippen LogP contribution in [-0.2, 0) is 9.05 Å². The average molecular weight is 311 g/mol. The second-order valence-electron chi connectivity index (χ2n) is 2.95. The fourth-order valence-corrected chi connectivity index (χ4v) is 2.26. The second-order valence-corrected chi connectivity index (χ2v) is 5.49. The minimum Gasteiger partial charge on any atom is -0.405 e. The van der Waals surface area contributed by atoms with Crippen molar-refractivity contribution in [3.8, 4) is 5.75 Å². The molecule has 10 heteroatoms. The fourth-order valence-electron chi connectivity index (χ4n) is 1.17. The van der Waals surface area contributed by atoms with Crippen molar-refractivity contribution in [2.45, 2.75) is 17.7 Å². The Morgan fingerprint density at radius 2 is 1.78 bits per heavy atom. The number of hydrogen-bond donors (Lipinski definition) is 0. The molecule has 0 amide bonds. The SMILES string of the molecule is O=S(=O)(Cl)c1cccc(OC(F)(F)F)c1C(F)F. The van der Waals surface area contributed by atoms with Crippen LogP contribution in [0.25, 0.3) is 0 Å². The summed E-state index contributed by atoms with van der Waals surface area (Å²) in [5.74, 6) is -1.31. The van der Waals surface area contributed by atoms with Gasteiger partial charge in [0.25, 0.3) is 15.5 Å². The normalized spacial score (nSPS) is 12.8.